The Morgan fingerprint density at radius 1 is 1.18 bits per heavy atom. The van der Waals surface area contributed by atoms with E-state index in [9.17, 15) is 4.79 Å². The predicted molar refractivity (Wildman–Crippen MR) is 70.5 cm³/mol. The zero-order valence-electron chi connectivity index (χ0n) is 9.84. The fraction of sp³-hybridized carbons (Fsp3) is 0.214. The van der Waals surface area contributed by atoms with E-state index in [1.807, 2.05) is 24.3 Å². The maximum atomic E-state index is 10.6. The molecule has 0 saturated heterocycles. The summed E-state index contributed by atoms with van der Waals surface area (Å²) in [6.07, 6.45) is 0.724. The molecule has 3 heteroatoms. The standard InChI is InChI=1S/C14H14O2S/c1-10(2)17-14-6-4-3-5-12(14)13-8-7-11(9-15)16-13/h3-10H,1-2H3. The Labute approximate surface area is 105 Å². The highest BCUT2D eigenvalue weighted by Crippen LogP contribution is 2.34. The molecule has 2 aromatic rings. The fourth-order valence-corrected chi connectivity index (χ4v) is 2.55. The van der Waals surface area contributed by atoms with Gasteiger partial charge in [-0.3, -0.25) is 4.79 Å². The average molecular weight is 246 g/mol. The van der Waals surface area contributed by atoms with E-state index in [-0.39, 0.29) is 0 Å². The molecule has 0 spiro atoms. The van der Waals surface area contributed by atoms with E-state index in [0.717, 1.165) is 17.6 Å². The Bertz CT molecular complexity index is 514. The van der Waals surface area contributed by atoms with Crippen molar-refractivity contribution < 1.29 is 9.21 Å². The van der Waals surface area contributed by atoms with Crippen LogP contribution in [0.25, 0.3) is 11.3 Å². The molecular formula is C14H14O2S. The molecule has 0 atom stereocenters. The summed E-state index contributed by atoms with van der Waals surface area (Å²) in [6.45, 7) is 4.31. The molecule has 0 saturated carbocycles. The van der Waals surface area contributed by atoms with Crippen molar-refractivity contribution in [3.05, 3.63) is 42.2 Å². The topological polar surface area (TPSA) is 30.2 Å². The van der Waals surface area contributed by atoms with Gasteiger partial charge in [-0.15, -0.1) is 11.8 Å². The minimum absolute atomic E-state index is 0.365. The van der Waals surface area contributed by atoms with Crippen molar-refractivity contribution in [2.75, 3.05) is 0 Å². The first-order valence-corrected chi connectivity index (χ1v) is 6.39. The number of hydrogen-bond acceptors (Lipinski definition) is 3. The third-order valence-corrected chi connectivity index (χ3v) is 3.34. The van der Waals surface area contributed by atoms with Crippen LogP contribution in [0.2, 0.25) is 0 Å². The molecule has 0 fully saturated rings. The van der Waals surface area contributed by atoms with Gasteiger partial charge in [-0.2, -0.15) is 0 Å². The number of benzene rings is 1. The second-order valence-corrected chi connectivity index (χ2v) is 5.60. The van der Waals surface area contributed by atoms with Gasteiger partial charge in [0.05, 0.1) is 0 Å². The molecule has 0 N–H and O–H groups in total. The molecule has 1 aromatic carbocycles. The minimum atomic E-state index is 0.365. The zero-order valence-corrected chi connectivity index (χ0v) is 10.7. The van der Waals surface area contributed by atoms with Gasteiger partial charge in [0.15, 0.2) is 12.0 Å². The van der Waals surface area contributed by atoms with Crippen LogP contribution < -0.4 is 0 Å². The van der Waals surface area contributed by atoms with Crippen molar-refractivity contribution in [2.45, 2.75) is 24.0 Å². The summed E-state index contributed by atoms with van der Waals surface area (Å²) in [5.74, 6) is 1.11. The molecule has 0 amide bonds. The molecule has 2 nitrogen and oxygen atoms in total. The quantitative estimate of drug-likeness (QED) is 0.596. The molecule has 1 heterocycles. The van der Waals surface area contributed by atoms with Gasteiger partial charge in [-0.25, -0.2) is 0 Å². The van der Waals surface area contributed by atoms with Crippen LogP contribution in [-0.2, 0) is 0 Å². The Morgan fingerprint density at radius 2 is 1.94 bits per heavy atom. The van der Waals surface area contributed by atoms with Crippen LogP contribution in [0.3, 0.4) is 0 Å². The summed E-state index contributed by atoms with van der Waals surface area (Å²) in [4.78, 5) is 11.8. The highest BCUT2D eigenvalue weighted by atomic mass is 32.2. The minimum Gasteiger partial charge on any atom is -0.453 e. The lowest BCUT2D eigenvalue weighted by atomic mass is 10.2. The first-order chi connectivity index (χ1) is 8.20. The Morgan fingerprint density at radius 3 is 2.59 bits per heavy atom. The molecular weight excluding hydrogens is 232 g/mol. The molecule has 0 unspecified atom stereocenters. The zero-order chi connectivity index (χ0) is 12.3. The summed E-state index contributed by atoms with van der Waals surface area (Å²) in [5.41, 5.74) is 1.04. The Balaban J connectivity index is 2.40. The summed E-state index contributed by atoms with van der Waals surface area (Å²) < 4.78 is 5.46. The van der Waals surface area contributed by atoms with Gasteiger partial charge in [0.2, 0.25) is 0 Å². The maximum absolute atomic E-state index is 10.6. The van der Waals surface area contributed by atoms with Gasteiger partial charge in [-0.05, 0) is 18.2 Å². The number of furan rings is 1. The number of aldehydes is 1. The predicted octanol–water partition coefficient (Wildman–Crippen LogP) is 4.26. The molecule has 2 rings (SSSR count). The van der Waals surface area contributed by atoms with E-state index in [1.165, 1.54) is 4.90 Å². The Hall–Kier alpha value is -1.48. The van der Waals surface area contributed by atoms with E-state index in [1.54, 1.807) is 17.8 Å². The molecule has 88 valence electrons. The molecule has 0 aliphatic carbocycles. The van der Waals surface area contributed by atoms with Crippen LogP contribution >= 0.6 is 11.8 Å². The highest BCUT2D eigenvalue weighted by molar-refractivity contribution is 8.00. The van der Waals surface area contributed by atoms with Crippen LogP contribution in [0.1, 0.15) is 24.4 Å². The van der Waals surface area contributed by atoms with E-state index in [2.05, 4.69) is 19.9 Å². The van der Waals surface area contributed by atoms with Crippen LogP contribution in [0.5, 0.6) is 0 Å². The summed E-state index contributed by atoms with van der Waals surface area (Å²) in [5, 5.41) is 0.511. The van der Waals surface area contributed by atoms with Crippen LogP contribution in [0.4, 0.5) is 0 Å². The smallest absolute Gasteiger partial charge is 0.185 e. The molecule has 1 aromatic heterocycles. The van der Waals surface area contributed by atoms with Crippen LogP contribution in [0, 0.1) is 0 Å². The van der Waals surface area contributed by atoms with Gasteiger partial charge >= 0.3 is 0 Å². The van der Waals surface area contributed by atoms with Gasteiger partial charge in [0.1, 0.15) is 5.76 Å². The second-order valence-electron chi connectivity index (χ2n) is 3.98. The highest BCUT2D eigenvalue weighted by Gasteiger charge is 2.10. The van der Waals surface area contributed by atoms with Crippen molar-refractivity contribution in [1.82, 2.24) is 0 Å². The molecule has 0 aliphatic rings. The molecule has 0 bridgehead atoms. The third-order valence-electron chi connectivity index (χ3n) is 2.26. The monoisotopic (exact) mass is 246 g/mol. The Kier molecular flexibility index (Phi) is 3.69. The second kappa shape index (κ2) is 5.23. The van der Waals surface area contributed by atoms with E-state index < -0.39 is 0 Å². The van der Waals surface area contributed by atoms with Gasteiger partial charge in [-0.1, -0.05) is 32.0 Å². The number of hydrogen-bond donors (Lipinski definition) is 0. The number of thioether (sulfide) groups is 1. The number of carbonyl (C=O) groups is 1. The van der Waals surface area contributed by atoms with Gasteiger partial charge in [0.25, 0.3) is 0 Å². The third kappa shape index (κ3) is 2.80. The molecule has 17 heavy (non-hydrogen) atoms. The SMILES string of the molecule is CC(C)Sc1ccccc1-c1ccc(C=O)o1. The van der Waals surface area contributed by atoms with Crippen LogP contribution in [-0.4, -0.2) is 11.5 Å². The van der Waals surface area contributed by atoms with Crippen LogP contribution in [0.15, 0.2) is 45.7 Å². The average Bonchev–Trinajstić information content (AvgIpc) is 2.77. The summed E-state index contributed by atoms with van der Waals surface area (Å²) in [7, 11) is 0. The number of carbonyl (C=O) groups excluding carboxylic acids is 1. The molecule has 0 radical (unpaired) electrons. The largest absolute Gasteiger partial charge is 0.453 e. The lowest BCUT2D eigenvalue weighted by Crippen LogP contribution is -1.88. The molecule has 0 aliphatic heterocycles. The van der Waals surface area contributed by atoms with Gasteiger partial charge < -0.3 is 4.42 Å². The lowest BCUT2D eigenvalue weighted by Gasteiger charge is -2.08. The van der Waals surface area contributed by atoms with Crippen molar-refractivity contribution >= 4 is 18.0 Å². The normalized spacial score (nSPS) is 10.8. The van der Waals surface area contributed by atoms with Crippen molar-refractivity contribution in [3.8, 4) is 11.3 Å². The first kappa shape index (κ1) is 12.0. The van der Waals surface area contributed by atoms with E-state index in [0.29, 0.717) is 11.0 Å². The summed E-state index contributed by atoms with van der Waals surface area (Å²) in [6, 6.07) is 11.6. The van der Waals surface area contributed by atoms with E-state index >= 15 is 0 Å². The van der Waals surface area contributed by atoms with Crippen molar-refractivity contribution in [2.24, 2.45) is 0 Å². The summed E-state index contributed by atoms with van der Waals surface area (Å²) >= 11 is 1.79. The maximum Gasteiger partial charge on any atom is 0.185 e. The van der Waals surface area contributed by atoms with Crippen molar-refractivity contribution in [1.29, 1.82) is 0 Å². The van der Waals surface area contributed by atoms with E-state index in [4.69, 9.17) is 4.42 Å². The van der Waals surface area contributed by atoms with Crippen molar-refractivity contribution in [3.63, 3.8) is 0 Å². The fourth-order valence-electron chi connectivity index (χ4n) is 1.59. The lowest BCUT2D eigenvalue weighted by molar-refractivity contribution is 0.110. The first-order valence-electron chi connectivity index (χ1n) is 5.52. The number of rotatable bonds is 4. The van der Waals surface area contributed by atoms with Gasteiger partial charge in [0, 0.05) is 15.7 Å².